The van der Waals surface area contributed by atoms with Crippen molar-refractivity contribution < 1.29 is 9.18 Å². The van der Waals surface area contributed by atoms with Crippen LogP contribution in [0.25, 0.3) is 11.0 Å². The van der Waals surface area contributed by atoms with Crippen molar-refractivity contribution in [3.8, 4) is 0 Å². The molecular formula is C30H36FN7OS. The second-order valence-electron chi connectivity index (χ2n) is 10.8. The summed E-state index contributed by atoms with van der Waals surface area (Å²) in [5.41, 5.74) is 4.19. The highest BCUT2D eigenvalue weighted by Gasteiger charge is 2.25. The molecule has 4 aromatic rings. The number of halogens is 1. The summed E-state index contributed by atoms with van der Waals surface area (Å²) >= 11 is 1.66. The fourth-order valence-corrected chi connectivity index (χ4v) is 6.43. The van der Waals surface area contributed by atoms with Gasteiger partial charge in [0.2, 0.25) is 5.91 Å². The van der Waals surface area contributed by atoms with E-state index in [4.69, 9.17) is 4.98 Å². The van der Waals surface area contributed by atoms with E-state index in [1.165, 1.54) is 18.6 Å². The lowest BCUT2D eigenvalue weighted by atomic mass is 10.2. The topological polar surface area (TPSA) is 80.4 Å². The minimum Gasteiger partial charge on any atom is -0.360 e. The molecule has 1 amide bonds. The van der Waals surface area contributed by atoms with Gasteiger partial charge in [0.25, 0.3) is 0 Å². The fraction of sp³-hybridized carbons (Fsp3) is 0.433. The standard InChI is InChI=1S/C30H36FN7OS/c31-23-9-7-22(8-10-23)19-38-13-3-4-25(38)18-32-30-33-24(21-40-30)20-36-14-16-37(17-15-36)29(39)12-11-28-34-26-5-1-2-6-27(26)35-28/h1-2,5-10,21,25H,3-4,11-20H2,(H,32,33)(H,34,35)/t25-/m0/s1. The number of imidazole rings is 1. The number of H-pyrrole nitrogens is 1. The number of rotatable bonds is 10. The number of hydrogen-bond acceptors (Lipinski definition) is 7. The number of hydrogen-bond donors (Lipinski definition) is 2. The number of aromatic nitrogens is 3. The Morgan fingerprint density at radius 1 is 1.02 bits per heavy atom. The largest absolute Gasteiger partial charge is 0.360 e. The van der Waals surface area contributed by atoms with Crippen LogP contribution in [0.3, 0.4) is 0 Å². The van der Waals surface area contributed by atoms with E-state index in [0.29, 0.717) is 18.9 Å². The van der Waals surface area contributed by atoms with E-state index in [1.807, 2.05) is 41.3 Å². The molecule has 2 aliphatic heterocycles. The average molecular weight is 562 g/mol. The van der Waals surface area contributed by atoms with Crippen molar-refractivity contribution in [1.82, 2.24) is 29.7 Å². The monoisotopic (exact) mass is 561 g/mol. The normalized spacial score (nSPS) is 18.5. The fourth-order valence-electron chi connectivity index (χ4n) is 5.72. The number of carbonyl (C=O) groups excluding carboxylic acids is 1. The minimum atomic E-state index is -0.187. The van der Waals surface area contributed by atoms with Gasteiger partial charge in [-0.05, 0) is 49.2 Å². The summed E-state index contributed by atoms with van der Waals surface area (Å²) in [5, 5.41) is 6.65. The number of nitrogens with one attached hydrogen (secondary N) is 2. The third-order valence-corrected chi connectivity index (χ3v) is 8.81. The van der Waals surface area contributed by atoms with E-state index >= 15 is 0 Å². The number of aromatic amines is 1. The van der Waals surface area contributed by atoms with Crippen molar-refractivity contribution >= 4 is 33.4 Å². The van der Waals surface area contributed by atoms with E-state index in [0.717, 1.165) is 92.0 Å². The Kier molecular flexibility index (Phi) is 8.36. The predicted octanol–water partition coefficient (Wildman–Crippen LogP) is 4.51. The Labute approximate surface area is 238 Å². The Hall–Kier alpha value is -3.34. The molecule has 2 aromatic heterocycles. The lowest BCUT2D eigenvalue weighted by Crippen LogP contribution is -2.48. The molecule has 40 heavy (non-hydrogen) atoms. The molecule has 0 aliphatic carbocycles. The molecule has 2 aromatic carbocycles. The van der Waals surface area contributed by atoms with E-state index in [-0.39, 0.29) is 11.7 Å². The van der Waals surface area contributed by atoms with Crippen LogP contribution >= 0.6 is 11.3 Å². The van der Waals surface area contributed by atoms with Gasteiger partial charge in [-0.2, -0.15) is 0 Å². The van der Waals surface area contributed by atoms with Gasteiger partial charge in [0.1, 0.15) is 11.6 Å². The van der Waals surface area contributed by atoms with Crippen LogP contribution in [0.4, 0.5) is 9.52 Å². The smallest absolute Gasteiger partial charge is 0.223 e. The highest BCUT2D eigenvalue weighted by Crippen LogP contribution is 2.23. The van der Waals surface area contributed by atoms with E-state index < -0.39 is 0 Å². The predicted molar refractivity (Wildman–Crippen MR) is 157 cm³/mol. The number of likely N-dealkylation sites (tertiary alicyclic amines) is 1. The number of amides is 1. The number of anilines is 1. The third-order valence-electron chi connectivity index (χ3n) is 7.96. The first-order chi connectivity index (χ1) is 19.6. The van der Waals surface area contributed by atoms with Crippen LogP contribution in [-0.2, 0) is 24.3 Å². The first kappa shape index (κ1) is 26.9. The molecule has 2 N–H and O–H groups in total. The van der Waals surface area contributed by atoms with Gasteiger partial charge in [0.05, 0.1) is 16.7 Å². The van der Waals surface area contributed by atoms with Gasteiger partial charge in [-0.1, -0.05) is 24.3 Å². The number of aryl methyl sites for hydroxylation is 1. The summed E-state index contributed by atoms with van der Waals surface area (Å²) in [6.07, 6.45) is 3.45. The molecule has 0 saturated carbocycles. The lowest BCUT2D eigenvalue weighted by Gasteiger charge is -2.34. The first-order valence-electron chi connectivity index (χ1n) is 14.2. The lowest BCUT2D eigenvalue weighted by molar-refractivity contribution is -0.133. The van der Waals surface area contributed by atoms with Crippen LogP contribution in [0.2, 0.25) is 0 Å². The molecule has 210 valence electrons. The Bertz CT molecular complexity index is 1380. The molecule has 0 bridgehead atoms. The summed E-state index contributed by atoms with van der Waals surface area (Å²) in [7, 11) is 0. The number of fused-ring (bicyclic) bond motifs is 1. The maximum absolute atomic E-state index is 13.2. The van der Waals surface area contributed by atoms with Crippen molar-refractivity contribution in [2.24, 2.45) is 0 Å². The van der Waals surface area contributed by atoms with Crippen molar-refractivity contribution in [2.75, 3.05) is 44.6 Å². The summed E-state index contributed by atoms with van der Waals surface area (Å²) in [5.74, 6) is 0.878. The van der Waals surface area contributed by atoms with E-state index in [1.54, 1.807) is 11.3 Å². The van der Waals surface area contributed by atoms with Gasteiger partial charge in [-0.3, -0.25) is 14.6 Å². The highest BCUT2D eigenvalue weighted by atomic mass is 32.1. The SMILES string of the molecule is O=C(CCc1nc2ccccc2[nH]1)N1CCN(Cc2csc(NC[C@@H]3CCCN3Cc3ccc(F)cc3)n2)CC1. The summed E-state index contributed by atoms with van der Waals surface area (Å²) < 4.78 is 13.2. The molecule has 10 heteroatoms. The van der Waals surface area contributed by atoms with Crippen molar-refractivity contribution in [3.05, 3.63) is 76.8 Å². The van der Waals surface area contributed by atoms with Crippen LogP contribution in [0.1, 0.15) is 36.3 Å². The number of benzene rings is 2. The van der Waals surface area contributed by atoms with Gasteiger partial charge in [0, 0.05) is 70.1 Å². The molecule has 1 atom stereocenters. The van der Waals surface area contributed by atoms with Crippen molar-refractivity contribution in [3.63, 3.8) is 0 Å². The van der Waals surface area contributed by atoms with Crippen LogP contribution in [0, 0.1) is 5.82 Å². The zero-order chi connectivity index (χ0) is 27.3. The molecular weight excluding hydrogens is 525 g/mol. The Balaban J connectivity index is 0.918. The van der Waals surface area contributed by atoms with Crippen LogP contribution in [0.15, 0.2) is 53.9 Å². The molecule has 6 rings (SSSR count). The van der Waals surface area contributed by atoms with Gasteiger partial charge in [-0.15, -0.1) is 11.3 Å². The summed E-state index contributed by atoms with van der Waals surface area (Å²) in [4.78, 5) is 32.4. The van der Waals surface area contributed by atoms with Gasteiger partial charge in [-0.25, -0.2) is 14.4 Å². The molecule has 2 aliphatic rings. The van der Waals surface area contributed by atoms with Crippen molar-refractivity contribution in [2.45, 2.75) is 44.8 Å². The maximum Gasteiger partial charge on any atom is 0.223 e. The number of thiazole rings is 1. The molecule has 2 fully saturated rings. The van der Waals surface area contributed by atoms with Crippen LogP contribution < -0.4 is 5.32 Å². The zero-order valence-electron chi connectivity index (χ0n) is 22.7. The number of carbonyl (C=O) groups is 1. The second-order valence-corrected chi connectivity index (χ2v) is 11.6. The van der Waals surface area contributed by atoms with E-state index in [9.17, 15) is 9.18 Å². The quantitative estimate of drug-likeness (QED) is 0.297. The first-order valence-corrected chi connectivity index (χ1v) is 15.1. The van der Waals surface area contributed by atoms with Gasteiger partial charge in [0.15, 0.2) is 5.13 Å². The second kappa shape index (κ2) is 12.4. The molecule has 0 spiro atoms. The molecule has 2 saturated heterocycles. The average Bonchev–Trinajstić information content (AvgIpc) is 3.72. The molecule has 8 nitrogen and oxygen atoms in total. The van der Waals surface area contributed by atoms with Crippen LogP contribution in [0.5, 0.6) is 0 Å². The zero-order valence-corrected chi connectivity index (χ0v) is 23.5. The molecule has 4 heterocycles. The van der Waals surface area contributed by atoms with Crippen LogP contribution in [-0.4, -0.2) is 80.9 Å². The van der Waals surface area contributed by atoms with Gasteiger partial charge >= 0.3 is 0 Å². The number of para-hydroxylation sites is 2. The summed E-state index contributed by atoms with van der Waals surface area (Å²) in [6, 6.07) is 15.2. The van der Waals surface area contributed by atoms with E-state index in [2.05, 4.69) is 30.5 Å². The van der Waals surface area contributed by atoms with Crippen molar-refractivity contribution in [1.29, 1.82) is 0 Å². The number of piperazine rings is 1. The Morgan fingerprint density at radius 2 is 1.85 bits per heavy atom. The summed E-state index contributed by atoms with van der Waals surface area (Å²) in [6.45, 7) is 6.81. The minimum absolute atomic E-state index is 0.187. The third kappa shape index (κ3) is 6.68. The highest BCUT2D eigenvalue weighted by molar-refractivity contribution is 7.13. The Morgan fingerprint density at radius 3 is 2.67 bits per heavy atom. The number of nitrogens with zero attached hydrogens (tertiary/aromatic N) is 5. The molecule has 0 radical (unpaired) electrons. The van der Waals surface area contributed by atoms with Gasteiger partial charge < -0.3 is 15.2 Å². The molecule has 0 unspecified atom stereocenters. The maximum atomic E-state index is 13.2.